The number of aliphatic hydroxyl groups excluding tert-OH is 2. The van der Waals surface area contributed by atoms with E-state index in [-0.39, 0.29) is 13.2 Å². The zero-order chi connectivity index (χ0) is 15.2. The van der Waals surface area contributed by atoms with Crippen molar-refractivity contribution < 1.29 is 10.2 Å². The molecule has 1 aromatic rings. The molecule has 1 heterocycles. The number of hydrogen-bond donors (Lipinski definition) is 2. The van der Waals surface area contributed by atoms with Gasteiger partial charge in [0.25, 0.3) is 0 Å². The Balaban J connectivity index is 2.87. The molecule has 0 unspecified atom stereocenters. The summed E-state index contributed by atoms with van der Waals surface area (Å²) in [6.07, 6.45) is 3.29. The van der Waals surface area contributed by atoms with Gasteiger partial charge in [-0.3, -0.25) is 9.98 Å². The molecule has 0 radical (unpaired) electrons. The summed E-state index contributed by atoms with van der Waals surface area (Å²) in [5.41, 5.74) is 0.393. The highest BCUT2D eigenvalue weighted by molar-refractivity contribution is 5.82. The minimum Gasteiger partial charge on any atom is -0.394 e. The third-order valence-corrected chi connectivity index (χ3v) is 2.66. The molecule has 1 rings (SSSR count). The van der Waals surface area contributed by atoms with Crippen LogP contribution >= 0.6 is 0 Å². The van der Waals surface area contributed by atoms with E-state index in [4.69, 9.17) is 10.2 Å². The maximum Gasteiger partial charge on any atom is 0.0816 e. The third-order valence-electron chi connectivity index (χ3n) is 2.66. The average molecular weight is 277 g/mol. The Labute approximate surface area is 120 Å². The van der Waals surface area contributed by atoms with Gasteiger partial charge < -0.3 is 10.2 Å². The van der Waals surface area contributed by atoms with Crippen LogP contribution in [0.4, 0.5) is 0 Å². The highest BCUT2D eigenvalue weighted by Gasteiger charge is 2.13. The number of aliphatic hydroxyl groups is 2. The van der Waals surface area contributed by atoms with Crippen LogP contribution in [0.15, 0.2) is 28.2 Å². The van der Waals surface area contributed by atoms with Crippen molar-refractivity contribution in [2.24, 2.45) is 9.98 Å². The molecule has 0 amide bonds. The van der Waals surface area contributed by atoms with Gasteiger partial charge in [0.2, 0.25) is 0 Å². The lowest BCUT2D eigenvalue weighted by Gasteiger charge is -2.15. The van der Waals surface area contributed by atoms with Crippen LogP contribution in [0.1, 0.15) is 39.1 Å². The topological polar surface area (TPSA) is 78.1 Å². The molecule has 0 aliphatic rings. The molecular formula is C15H23N3O2. The fraction of sp³-hybridized carbons (Fsp3) is 0.533. The van der Waals surface area contributed by atoms with Crippen LogP contribution < -0.4 is 0 Å². The van der Waals surface area contributed by atoms with E-state index in [1.165, 1.54) is 0 Å². The number of aromatic nitrogens is 1. The Hall–Kier alpha value is -1.59. The summed E-state index contributed by atoms with van der Waals surface area (Å²) in [5, 5.41) is 18.3. The highest BCUT2D eigenvalue weighted by atomic mass is 16.3. The molecule has 20 heavy (non-hydrogen) atoms. The van der Waals surface area contributed by atoms with Gasteiger partial charge in [0.05, 0.1) is 35.7 Å². The fourth-order valence-electron chi connectivity index (χ4n) is 1.18. The second-order valence-electron chi connectivity index (χ2n) is 5.94. The van der Waals surface area contributed by atoms with E-state index < -0.39 is 11.1 Å². The first-order valence-electron chi connectivity index (χ1n) is 6.57. The Morgan fingerprint density at radius 1 is 0.950 bits per heavy atom. The molecule has 1 aromatic heterocycles. The van der Waals surface area contributed by atoms with Crippen LogP contribution in [0.3, 0.4) is 0 Å². The van der Waals surface area contributed by atoms with E-state index in [1.807, 2.05) is 45.9 Å². The van der Waals surface area contributed by atoms with Crippen molar-refractivity contribution in [2.75, 3.05) is 13.2 Å². The average Bonchev–Trinajstić information content (AvgIpc) is 2.44. The molecule has 0 atom stereocenters. The summed E-state index contributed by atoms with van der Waals surface area (Å²) < 4.78 is 0. The van der Waals surface area contributed by atoms with Gasteiger partial charge in [-0.1, -0.05) is 6.07 Å². The van der Waals surface area contributed by atoms with Gasteiger partial charge in [-0.25, -0.2) is 4.98 Å². The van der Waals surface area contributed by atoms with Gasteiger partial charge in [0.15, 0.2) is 0 Å². The maximum atomic E-state index is 9.15. The summed E-state index contributed by atoms with van der Waals surface area (Å²) in [4.78, 5) is 13.0. The van der Waals surface area contributed by atoms with Crippen LogP contribution in [0.25, 0.3) is 0 Å². The Kier molecular flexibility index (Phi) is 5.53. The van der Waals surface area contributed by atoms with Crippen molar-refractivity contribution in [1.29, 1.82) is 0 Å². The molecule has 0 aliphatic carbocycles. The van der Waals surface area contributed by atoms with E-state index in [9.17, 15) is 0 Å². The van der Waals surface area contributed by atoms with E-state index in [0.29, 0.717) is 11.4 Å². The van der Waals surface area contributed by atoms with Gasteiger partial charge in [0.1, 0.15) is 0 Å². The lowest BCUT2D eigenvalue weighted by molar-refractivity contribution is 0.223. The molecular weight excluding hydrogens is 254 g/mol. The van der Waals surface area contributed by atoms with Crippen molar-refractivity contribution in [1.82, 2.24) is 4.98 Å². The Morgan fingerprint density at radius 2 is 1.35 bits per heavy atom. The van der Waals surface area contributed by atoms with Crippen LogP contribution in [-0.4, -0.2) is 51.9 Å². The normalized spacial score (nSPS) is 13.5. The SMILES string of the molecule is CC(C)(CO)N=Cc1cccc(C=NC(C)(C)CO)n1. The van der Waals surface area contributed by atoms with Crippen LogP contribution in [0, 0.1) is 0 Å². The summed E-state index contributed by atoms with van der Waals surface area (Å²) in [7, 11) is 0. The third kappa shape index (κ3) is 5.59. The van der Waals surface area contributed by atoms with Gasteiger partial charge in [0, 0.05) is 12.4 Å². The molecule has 0 saturated carbocycles. The maximum absolute atomic E-state index is 9.15. The van der Waals surface area contributed by atoms with Crippen LogP contribution in [-0.2, 0) is 0 Å². The largest absolute Gasteiger partial charge is 0.394 e. The minimum atomic E-state index is -0.509. The van der Waals surface area contributed by atoms with Crippen molar-refractivity contribution in [3.63, 3.8) is 0 Å². The van der Waals surface area contributed by atoms with E-state index in [1.54, 1.807) is 12.4 Å². The van der Waals surface area contributed by atoms with Gasteiger partial charge in [-0.05, 0) is 39.8 Å². The lowest BCUT2D eigenvalue weighted by Crippen LogP contribution is -2.22. The first-order chi connectivity index (χ1) is 9.28. The Morgan fingerprint density at radius 3 is 1.70 bits per heavy atom. The van der Waals surface area contributed by atoms with Crippen molar-refractivity contribution >= 4 is 12.4 Å². The zero-order valence-electron chi connectivity index (χ0n) is 12.5. The van der Waals surface area contributed by atoms with E-state index in [2.05, 4.69) is 15.0 Å². The highest BCUT2D eigenvalue weighted by Crippen LogP contribution is 2.08. The molecule has 110 valence electrons. The standard InChI is InChI=1S/C15H23N3O2/c1-14(2,10-19)16-8-12-6-5-7-13(18-12)9-17-15(3,4)11-20/h5-9,19-20H,10-11H2,1-4H3. The monoisotopic (exact) mass is 277 g/mol. The summed E-state index contributed by atoms with van der Waals surface area (Å²) in [6.45, 7) is 7.35. The smallest absolute Gasteiger partial charge is 0.0816 e. The molecule has 5 heteroatoms. The van der Waals surface area contributed by atoms with Gasteiger partial charge >= 0.3 is 0 Å². The molecule has 0 spiro atoms. The zero-order valence-corrected chi connectivity index (χ0v) is 12.5. The van der Waals surface area contributed by atoms with Crippen molar-refractivity contribution in [2.45, 2.75) is 38.8 Å². The van der Waals surface area contributed by atoms with Crippen LogP contribution in [0.5, 0.6) is 0 Å². The Bertz CT molecular complexity index is 452. The summed E-state index contributed by atoms with van der Waals surface area (Å²) in [5.74, 6) is 0. The number of pyridine rings is 1. The second-order valence-corrected chi connectivity index (χ2v) is 5.94. The molecule has 2 N–H and O–H groups in total. The molecule has 0 saturated heterocycles. The first-order valence-corrected chi connectivity index (χ1v) is 6.57. The predicted octanol–water partition coefficient (Wildman–Crippen LogP) is 1.46. The molecule has 0 aromatic carbocycles. The summed E-state index contributed by atoms with van der Waals surface area (Å²) in [6, 6.07) is 5.55. The molecule has 5 nitrogen and oxygen atoms in total. The quantitative estimate of drug-likeness (QED) is 0.773. The van der Waals surface area contributed by atoms with Gasteiger partial charge in [-0.15, -0.1) is 0 Å². The number of rotatable bonds is 6. The molecule has 0 bridgehead atoms. The summed E-state index contributed by atoms with van der Waals surface area (Å²) >= 11 is 0. The van der Waals surface area contributed by atoms with Crippen molar-refractivity contribution in [3.05, 3.63) is 29.6 Å². The van der Waals surface area contributed by atoms with E-state index in [0.717, 1.165) is 0 Å². The number of nitrogens with zero attached hydrogens (tertiary/aromatic N) is 3. The fourth-order valence-corrected chi connectivity index (χ4v) is 1.18. The number of aliphatic imine (C=N–C) groups is 2. The lowest BCUT2D eigenvalue weighted by atomic mass is 10.1. The molecule has 0 fully saturated rings. The minimum absolute atomic E-state index is 0.0185. The second kappa shape index (κ2) is 6.72. The van der Waals surface area contributed by atoms with Crippen LogP contribution in [0.2, 0.25) is 0 Å². The number of hydrogen-bond acceptors (Lipinski definition) is 5. The van der Waals surface area contributed by atoms with Gasteiger partial charge in [-0.2, -0.15) is 0 Å². The predicted molar refractivity (Wildman–Crippen MR) is 81.8 cm³/mol. The van der Waals surface area contributed by atoms with E-state index >= 15 is 0 Å². The first kappa shape index (κ1) is 16.5. The molecule has 0 aliphatic heterocycles. The van der Waals surface area contributed by atoms with Crippen molar-refractivity contribution in [3.8, 4) is 0 Å².